The molecule has 0 aliphatic carbocycles. The van der Waals surface area contributed by atoms with Gasteiger partial charge in [-0.15, -0.1) is 11.8 Å². The summed E-state index contributed by atoms with van der Waals surface area (Å²) < 4.78 is 0. The average Bonchev–Trinajstić information content (AvgIpc) is 2.45. The highest BCUT2D eigenvalue weighted by molar-refractivity contribution is 7.98. The molecule has 0 atom stereocenters. The number of nitriles is 1. The summed E-state index contributed by atoms with van der Waals surface area (Å²) in [6.07, 6.45) is 3.38. The third-order valence-electron chi connectivity index (χ3n) is 2.83. The molecule has 1 aromatic heterocycles. The van der Waals surface area contributed by atoms with Crippen molar-refractivity contribution in [2.45, 2.75) is 18.5 Å². The van der Waals surface area contributed by atoms with Crippen LogP contribution < -0.4 is 5.32 Å². The second-order valence-corrected chi connectivity index (χ2v) is 4.79. The van der Waals surface area contributed by atoms with Crippen LogP contribution in [0.25, 0.3) is 0 Å². The molecule has 4 nitrogen and oxygen atoms in total. The standard InChI is InChI=1S/C14H14N4S/c1-10-5-3-4-6-11(10)8-16-13-12(7-15)14(19-2)18-9-17-13/h3-6,9H,8H2,1-2H3,(H,16,17,18). The molecule has 0 unspecified atom stereocenters. The van der Waals surface area contributed by atoms with E-state index in [-0.39, 0.29) is 0 Å². The van der Waals surface area contributed by atoms with Gasteiger partial charge in [-0.25, -0.2) is 9.97 Å². The van der Waals surface area contributed by atoms with Gasteiger partial charge in [0, 0.05) is 6.54 Å². The molecule has 0 aliphatic heterocycles. The predicted molar refractivity (Wildman–Crippen MR) is 77.0 cm³/mol. The fourth-order valence-electron chi connectivity index (χ4n) is 1.75. The Balaban J connectivity index is 2.21. The highest BCUT2D eigenvalue weighted by Gasteiger charge is 2.10. The van der Waals surface area contributed by atoms with Crippen LogP contribution in [0.5, 0.6) is 0 Å². The summed E-state index contributed by atoms with van der Waals surface area (Å²) in [6.45, 7) is 2.71. The number of aromatic nitrogens is 2. The maximum Gasteiger partial charge on any atom is 0.148 e. The number of hydrogen-bond donors (Lipinski definition) is 1. The van der Waals surface area contributed by atoms with Crippen LogP contribution >= 0.6 is 11.8 Å². The Bertz CT molecular complexity index is 619. The van der Waals surface area contributed by atoms with Crippen molar-refractivity contribution in [2.75, 3.05) is 11.6 Å². The van der Waals surface area contributed by atoms with Gasteiger partial charge >= 0.3 is 0 Å². The normalized spacial score (nSPS) is 9.95. The monoisotopic (exact) mass is 270 g/mol. The maximum absolute atomic E-state index is 9.20. The molecule has 0 spiro atoms. The van der Waals surface area contributed by atoms with Gasteiger partial charge in [0.25, 0.3) is 0 Å². The van der Waals surface area contributed by atoms with E-state index >= 15 is 0 Å². The Morgan fingerprint density at radius 3 is 2.79 bits per heavy atom. The van der Waals surface area contributed by atoms with E-state index in [1.807, 2.05) is 18.4 Å². The third-order valence-corrected chi connectivity index (χ3v) is 3.52. The van der Waals surface area contributed by atoms with E-state index in [0.29, 0.717) is 23.0 Å². The van der Waals surface area contributed by atoms with Crippen molar-refractivity contribution in [1.82, 2.24) is 9.97 Å². The minimum absolute atomic E-state index is 0.503. The van der Waals surface area contributed by atoms with Gasteiger partial charge in [-0.1, -0.05) is 24.3 Å². The van der Waals surface area contributed by atoms with Gasteiger partial charge in [0.2, 0.25) is 0 Å². The summed E-state index contributed by atoms with van der Waals surface area (Å²) in [5, 5.41) is 13.1. The van der Waals surface area contributed by atoms with Crippen molar-refractivity contribution in [1.29, 1.82) is 5.26 Å². The second-order valence-electron chi connectivity index (χ2n) is 4.00. The Labute approximate surface area is 116 Å². The van der Waals surface area contributed by atoms with Crippen molar-refractivity contribution < 1.29 is 0 Å². The Morgan fingerprint density at radius 1 is 1.32 bits per heavy atom. The van der Waals surface area contributed by atoms with Crippen molar-refractivity contribution >= 4 is 17.6 Å². The molecule has 1 heterocycles. The highest BCUT2D eigenvalue weighted by Crippen LogP contribution is 2.22. The minimum Gasteiger partial charge on any atom is -0.365 e. The summed E-state index contributed by atoms with van der Waals surface area (Å²) >= 11 is 1.45. The fourth-order valence-corrected chi connectivity index (χ4v) is 2.25. The van der Waals surface area contributed by atoms with Gasteiger partial charge in [0.1, 0.15) is 28.8 Å². The molecule has 96 valence electrons. The van der Waals surface area contributed by atoms with E-state index in [0.717, 1.165) is 0 Å². The van der Waals surface area contributed by atoms with Gasteiger partial charge in [-0.05, 0) is 24.3 Å². The van der Waals surface area contributed by atoms with Crippen LogP contribution in [0.15, 0.2) is 35.6 Å². The summed E-state index contributed by atoms with van der Waals surface area (Å²) in [7, 11) is 0. The van der Waals surface area contributed by atoms with E-state index in [1.54, 1.807) is 0 Å². The summed E-state index contributed by atoms with van der Waals surface area (Å²) in [5.41, 5.74) is 2.91. The summed E-state index contributed by atoms with van der Waals surface area (Å²) in [6, 6.07) is 10.3. The van der Waals surface area contributed by atoms with Crippen molar-refractivity contribution in [2.24, 2.45) is 0 Å². The first-order valence-corrected chi connectivity index (χ1v) is 7.06. The molecular formula is C14H14N4S. The molecule has 5 heteroatoms. The van der Waals surface area contributed by atoms with E-state index in [2.05, 4.69) is 40.4 Å². The second kappa shape index (κ2) is 6.21. The number of nitrogens with zero attached hydrogens (tertiary/aromatic N) is 3. The highest BCUT2D eigenvalue weighted by atomic mass is 32.2. The molecule has 0 aliphatic rings. The molecule has 0 saturated heterocycles. The fraction of sp³-hybridized carbons (Fsp3) is 0.214. The van der Waals surface area contributed by atoms with Crippen molar-refractivity contribution in [3.8, 4) is 6.07 Å². The van der Waals surface area contributed by atoms with Gasteiger partial charge < -0.3 is 5.32 Å². The van der Waals surface area contributed by atoms with Gasteiger partial charge in [-0.3, -0.25) is 0 Å². The zero-order valence-electron chi connectivity index (χ0n) is 10.8. The molecule has 0 fully saturated rings. The SMILES string of the molecule is CSc1ncnc(NCc2ccccc2C)c1C#N. The lowest BCUT2D eigenvalue weighted by atomic mass is 10.1. The number of rotatable bonds is 4. The number of hydrogen-bond acceptors (Lipinski definition) is 5. The summed E-state index contributed by atoms with van der Waals surface area (Å²) in [4.78, 5) is 8.24. The van der Waals surface area contributed by atoms with E-state index in [1.165, 1.54) is 29.2 Å². The third kappa shape index (κ3) is 3.04. The Kier molecular flexibility index (Phi) is 4.37. The first-order valence-electron chi connectivity index (χ1n) is 5.83. The molecule has 2 aromatic rings. The Morgan fingerprint density at radius 2 is 2.11 bits per heavy atom. The molecule has 0 bridgehead atoms. The number of nitrogens with one attached hydrogen (secondary N) is 1. The van der Waals surface area contributed by atoms with E-state index in [9.17, 15) is 5.26 Å². The minimum atomic E-state index is 0.503. The first-order chi connectivity index (χ1) is 9.26. The van der Waals surface area contributed by atoms with E-state index in [4.69, 9.17) is 0 Å². The quantitative estimate of drug-likeness (QED) is 0.683. The average molecular weight is 270 g/mol. The van der Waals surface area contributed by atoms with E-state index < -0.39 is 0 Å². The molecule has 0 saturated carbocycles. The number of thioether (sulfide) groups is 1. The van der Waals surface area contributed by atoms with Crippen LogP contribution in [-0.4, -0.2) is 16.2 Å². The lowest BCUT2D eigenvalue weighted by molar-refractivity contribution is 1.00. The van der Waals surface area contributed by atoms with Gasteiger partial charge in [0.05, 0.1) is 0 Å². The van der Waals surface area contributed by atoms with Crippen LogP contribution in [0.1, 0.15) is 16.7 Å². The zero-order valence-corrected chi connectivity index (χ0v) is 11.7. The molecule has 1 aromatic carbocycles. The molecule has 1 N–H and O–H groups in total. The van der Waals surface area contributed by atoms with Gasteiger partial charge in [0.15, 0.2) is 0 Å². The van der Waals surface area contributed by atoms with Crippen LogP contribution in [0, 0.1) is 18.3 Å². The summed E-state index contributed by atoms with van der Waals surface area (Å²) in [5.74, 6) is 0.588. The largest absolute Gasteiger partial charge is 0.365 e. The molecule has 19 heavy (non-hydrogen) atoms. The molecular weight excluding hydrogens is 256 g/mol. The lowest BCUT2D eigenvalue weighted by Gasteiger charge is -2.10. The topological polar surface area (TPSA) is 61.6 Å². The maximum atomic E-state index is 9.20. The Hall–Kier alpha value is -2.06. The lowest BCUT2D eigenvalue weighted by Crippen LogP contribution is -2.06. The van der Waals surface area contributed by atoms with Crippen molar-refractivity contribution in [3.05, 3.63) is 47.3 Å². The predicted octanol–water partition coefficient (Wildman–Crippen LogP) is 2.99. The van der Waals surface area contributed by atoms with Crippen molar-refractivity contribution in [3.63, 3.8) is 0 Å². The van der Waals surface area contributed by atoms with Crippen LogP contribution in [-0.2, 0) is 6.54 Å². The molecule has 2 rings (SSSR count). The molecule has 0 amide bonds. The van der Waals surface area contributed by atoms with Gasteiger partial charge in [-0.2, -0.15) is 5.26 Å². The van der Waals surface area contributed by atoms with Crippen LogP contribution in [0.4, 0.5) is 5.82 Å². The van der Waals surface area contributed by atoms with Crippen LogP contribution in [0.3, 0.4) is 0 Å². The smallest absolute Gasteiger partial charge is 0.148 e. The number of benzene rings is 1. The number of anilines is 1. The zero-order chi connectivity index (χ0) is 13.7. The molecule has 0 radical (unpaired) electrons. The van der Waals surface area contributed by atoms with Crippen LogP contribution in [0.2, 0.25) is 0 Å². The first kappa shape index (κ1) is 13.4. The number of aryl methyl sites for hydroxylation is 1.